The lowest BCUT2D eigenvalue weighted by molar-refractivity contribution is 0.398. The van der Waals surface area contributed by atoms with E-state index in [0.717, 1.165) is 27.8 Å². The van der Waals surface area contributed by atoms with Gasteiger partial charge in [0.05, 0.1) is 5.33 Å². The van der Waals surface area contributed by atoms with Crippen LogP contribution in [0.1, 0.15) is 5.76 Å². The number of aromatic nitrogens is 2. The van der Waals surface area contributed by atoms with E-state index in [4.69, 9.17) is 4.52 Å². The molecule has 0 aliphatic carbocycles. The first kappa shape index (κ1) is 10.5. The highest BCUT2D eigenvalue weighted by Gasteiger charge is 2.09. The van der Waals surface area contributed by atoms with Gasteiger partial charge in [0.1, 0.15) is 11.5 Å². The predicted octanol–water partition coefficient (Wildman–Crippen LogP) is 3.78. The summed E-state index contributed by atoms with van der Waals surface area (Å²) in [5.41, 5.74) is 1.82. The number of hydrogen-bond donors (Lipinski definition) is 0. The van der Waals surface area contributed by atoms with Crippen molar-refractivity contribution in [3.05, 3.63) is 48.5 Å². The fraction of sp³-hybridized carbons (Fsp3) is 0.0769. The van der Waals surface area contributed by atoms with Crippen molar-refractivity contribution in [1.29, 1.82) is 0 Å². The van der Waals surface area contributed by atoms with Crippen molar-refractivity contribution < 1.29 is 4.52 Å². The number of nitrogens with zero attached hydrogens (tertiary/aromatic N) is 2. The summed E-state index contributed by atoms with van der Waals surface area (Å²) in [7, 11) is 0. The van der Waals surface area contributed by atoms with Crippen molar-refractivity contribution in [1.82, 2.24) is 10.1 Å². The summed E-state index contributed by atoms with van der Waals surface area (Å²) in [5.74, 6) is 0.813. The smallest absolute Gasteiger partial charge is 0.147 e. The van der Waals surface area contributed by atoms with Gasteiger partial charge in [0, 0.05) is 29.4 Å². The lowest BCUT2D eigenvalue weighted by Crippen LogP contribution is -1.83. The van der Waals surface area contributed by atoms with Gasteiger partial charge in [0.2, 0.25) is 0 Å². The third-order valence-electron chi connectivity index (χ3n) is 2.63. The second kappa shape index (κ2) is 4.30. The molecule has 1 aromatic carbocycles. The first-order chi connectivity index (χ1) is 8.38. The molecule has 0 atom stereocenters. The minimum atomic E-state index is 0.665. The van der Waals surface area contributed by atoms with Crippen LogP contribution in [0, 0.1) is 0 Å². The minimum Gasteiger partial charge on any atom is -0.360 e. The van der Waals surface area contributed by atoms with Crippen LogP contribution in [0.5, 0.6) is 0 Å². The monoisotopic (exact) mass is 288 g/mol. The van der Waals surface area contributed by atoms with Crippen LogP contribution >= 0.6 is 15.9 Å². The van der Waals surface area contributed by atoms with E-state index in [9.17, 15) is 0 Å². The standard InChI is InChI=1S/C13H9BrN2O/c14-6-10-5-13(16-17-10)12-8-15-7-9-3-1-2-4-11(9)12/h1-5,7-8H,6H2. The molecule has 0 N–H and O–H groups in total. The molecule has 0 unspecified atom stereocenters. The molecule has 0 aliphatic rings. The van der Waals surface area contributed by atoms with E-state index in [0.29, 0.717) is 5.33 Å². The van der Waals surface area contributed by atoms with Gasteiger partial charge in [0.25, 0.3) is 0 Å². The number of hydrogen-bond acceptors (Lipinski definition) is 3. The number of fused-ring (bicyclic) bond motifs is 1. The largest absolute Gasteiger partial charge is 0.360 e. The fourth-order valence-corrected chi connectivity index (χ4v) is 2.09. The molecule has 3 rings (SSSR count). The normalized spacial score (nSPS) is 10.9. The number of alkyl halides is 1. The molecule has 0 saturated heterocycles. The fourth-order valence-electron chi connectivity index (χ4n) is 1.82. The number of pyridine rings is 1. The molecule has 0 amide bonds. The predicted molar refractivity (Wildman–Crippen MR) is 69.9 cm³/mol. The summed E-state index contributed by atoms with van der Waals surface area (Å²) in [6, 6.07) is 10.0. The van der Waals surface area contributed by atoms with E-state index in [2.05, 4.69) is 32.1 Å². The molecule has 2 aromatic heterocycles. The molecule has 0 bridgehead atoms. The van der Waals surface area contributed by atoms with Gasteiger partial charge in [-0.2, -0.15) is 0 Å². The zero-order valence-corrected chi connectivity index (χ0v) is 10.5. The lowest BCUT2D eigenvalue weighted by Gasteiger charge is -2.01. The third-order valence-corrected chi connectivity index (χ3v) is 3.19. The minimum absolute atomic E-state index is 0.665. The topological polar surface area (TPSA) is 38.9 Å². The van der Waals surface area contributed by atoms with E-state index in [1.54, 1.807) is 0 Å². The highest BCUT2D eigenvalue weighted by molar-refractivity contribution is 9.08. The Labute approximate surface area is 107 Å². The van der Waals surface area contributed by atoms with E-state index in [-0.39, 0.29) is 0 Å². The molecule has 17 heavy (non-hydrogen) atoms. The molecule has 2 heterocycles. The van der Waals surface area contributed by atoms with Gasteiger partial charge in [-0.05, 0) is 5.39 Å². The lowest BCUT2D eigenvalue weighted by atomic mass is 10.1. The van der Waals surface area contributed by atoms with Crippen LogP contribution < -0.4 is 0 Å². The quantitative estimate of drug-likeness (QED) is 0.674. The van der Waals surface area contributed by atoms with E-state index in [1.165, 1.54) is 0 Å². The van der Waals surface area contributed by atoms with Crippen LogP contribution in [-0.4, -0.2) is 10.1 Å². The van der Waals surface area contributed by atoms with Crippen molar-refractivity contribution in [3.8, 4) is 11.3 Å². The molecule has 4 heteroatoms. The highest BCUT2D eigenvalue weighted by atomic mass is 79.9. The van der Waals surface area contributed by atoms with E-state index < -0.39 is 0 Å². The Hall–Kier alpha value is -1.68. The molecule has 0 spiro atoms. The second-order valence-corrected chi connectivity index (χ2v) is 4.28. The van der Waals surface area contributed by atoms with Crippen molar-refractivity contribution in [2.75, 3.05) is 0 Å². The zero-order valence-electron chi connectivity index (χ0n) is 8.93. The summed E-state index contributed by atoms with van der Waals surface area (Å²) >= 11 is 3.34. The SMILES string of the molecule is BrCc1cc(-c2cncc3ccccc23)no1. The van der Waals surface area contributed by atoms with Crippen LogP contribution in [0.15, 0.2) is 47.2 Å². The molecule has 3 nitrogen and oxygen atoms in total. The molecule has 0 saturated carbocycles. The summed E-state index contributed by atoms with van der Waals surface area (Å²) in [6.07, 6.45) is 3.67. The molecule has 3 aromatic rings. The maximum absolute atomic E-state index is 5.19. The van der Waals surface area contributed by atoms with Crippen molar-refractivity contribution in [2.24, 2.45) is 0 Å². The molecule has 0 aliphatic heterocycles. The maximum Gasteiger partial charge on any atom is 0.147 e. The summed E-state index contributed by atoms with van der Waals surface area (Å²) in [6.45, 7) is 0. The zero-order chi connectivity index (χ0) is 11.7. The Bertz CT molecular complexity index is 658. The Morgan fingerprint density at radius 2 is 2.06 bits per heavy atom. The van der Waals surface area contributed by atoms with Crippen LogP contribution in [0.4, 0.5) is 0 Å². The number of benzene rings is 1. The first-order valence-corrected chi connectivity index (χ1v) is 6.35. The van der Waals surface area contributed by atoms with Crippen LogP contribution in [0.25, 0.3) is 22.0 Å². The maximum atomic E-state index is 5.19. The van der Waals surface area contributed by atoms with Crippen LogP contribution in [-0.2, 0) is 5.33 Å². The molecule has 84 valence electrons. The summed E-state index contributed by atoms with van der Waals surface area (Å²) < 4.78 is 5.19. The van der Waals surface area contributed by atoms with Gasteiger partial charge in [-0.3, -0.25) is 4.98 Å². The van der Waals surface area contributed by atoms with Gasteiger partial charge in [-0.1, -0.05) is 45.4 Å². The van der Waals surface area contributed by atoms with E-state index >= 15 is 0 Å². The van der Waals surface area contributed by atoms with Crippen molar-refractivity contribution >= 4 is 26.7 Å². The third kappa shape index (κ3) is 1.85. The first-order valence-electron chi connectivity index (χ1n) is 5.23. The van der Waals surface area contributed by atoms with E-state index in [1.807, 2.05) is 36.7 Å². The Balaban J connectivity index is 2.23. The van der Waals surface area contributed by atoms with Crippen LogP contribution in [0.3, 0.4) is 0 Å². The number of rotatable bonds is 2. The Morgan fingerprint density at radius 1 is 1.18 bits per heavy atom. The van der Waals surface area contributed by atoms with Crippen molar-refractivity contribution in [3.63, 3.8) is 0 Å². The van der Waals surface area contributed by atoms with Gasteiger partial charge in [0.15, 0.2) is 0 Å². The van der Waals surface area contributed by atoms with Crippen molar-refractivity contribution in [2.45, 2.75) is 5.33 Å². The summed E-state index contributed by atoms with van der Waals surface area (Å²) in [4.78, 5) is 4.23. The highest BCUT2D eigenvalue weighted by Crippen LogP contribution is 2.27. The molecule has 0 radical (unpaired) electrons. The molecular weight excluding hydrogens is 280 g/mol. The van der Waals surface area contributed by atoms with Gasteiger partial charge in [-0.25, -0.2) is 0 Å². The summed E-state index contributed by atoms with van der Waals surface area (Å²) in [5, 5.41) is 6.97. The average molecular weight is 289 g/mol. The Morgan fingerprint density at radius 3 is 2.88 bits per heavy atom. The van der Waals surface area contributed by atoms with Gasteiger partial charge in [-0.15, -0.1) is 0 Å². The van der Waals surface area contributed by atoms with Gasteiger partial charge < -0.3 is 4.52 Å². The Kier molecular flexibility index (Phi) is 2.65. The molecular formula is C13H9BrN2O. The average Bonchev–Trinajstić information content (AvgIpc) is 2.87. The molecule has 0 fully saturated rings. The van der Waals surface area contributed by atoms with Crippen LogP contribution in [0.2, 0.25) is 0 Å². The second-order valence-electron chi connectivity index (χ2n) is 3.72. The van der Waals surface area contributed by atoms with Gasteiger partial charge >= 0.3 is 0 Å². The number of halogens is 1.